The van der Waals surface area contributed by atoms with Gasteiger partial charge in [0, 0.05) is 19.5 Å². The zero-order valence-corrected chi connectivity index (χ0v) is 13.9. The Morgan fingerprint density at radius 3 is 2.88 bits per heavy atom. The molecule has 130 valence electrons. The molecular weight excluding hydrogens is 315 g/mol. The molecule has 0 radical (unpaired) electrons. The lowest BCUT2D eigenvalue weighted by molar-refractivity contribution is -0.132. The maximum atomic E-state index is 13.2. The zero-order valence-electron chi connectivity index (χ0n) is 13.9. The number of halogens is 1. The molecule has 2 N–H and O–H groups in total. The summed E-state index contributed by atoms with van der Waals surface area (Å²) in [6.07, 6.45) is -0.146. The van der Waals surface area contributed by atoms with Crippen LogP contribution in [0.5, 0.6) is 0 Å². The number of H-pyrrole nitrogens is 1. The number of ether oxygens (including phenoxy) is 1. The summed E-state index contributed by atoms with van der Waals surface area (Å²) in [5.41, 5.74) is 1.31. The highest BCUT2D eigenvalue weighted by Crippen LogP contribution is 2.13. The highest BCUT2D eigenvalue weighted by Gasteiger charge is 2.21. The number of nitrogens with zero attached hydrogens (tertiary/aromatic N) is 2. The summed E-state index contributed by atoms with van der Waals surface area (Å²) in [5.74, 6) is 0.145. The second-order valence-corrected chi connectivity index (χ2v) is 5.37. The van der Waals surface area contributed by atoms with Gasteiger partial charge in [-0.15, -0.1) is 0 Å². The van der Waals surface area contributed by atoms with Crippen molar-refractivity contribution in [3.63, 3.8) is 0 Å². The van der Waals surface area contributed by atoms with E-state index in [0.29, 0.717) is 36.4 Å². The molecule has 0 spiro atoms. The van der Waals surface area contributed by atoms with Gasteiger partial charge in [0.1, 0.15) is 17.7 Å². The zero-order chi connectivity index (χ0) is 17.7. The van der Waals surface area contributed by atoms with Gasteiger partial charge < -0.3 is 19.9 Å². The molecule has 1 aromatic carbocycles. The number of rotatable bonds is 6. The van der Waals surface area contributed by atoms with E-state index in [-0.39, 0.29) is 11.7 Å². The molecule has 0 saturated carbocycles. The molecule has 0 unspecified atom stereocenters. The number of benzene rings is 1. The molecule has 1 aromatic heterocycles. The van der Waals surface area contributed by atoms with Crippen molar-refractivity contribution in [2.24, 2.45) is 0 Å². The second-order valence-electron chi connectivity index (χ2n) is 5.37. The van der Waals surface area contributed by atoms with E-state index in [0.717, 1.165) is 0 Å². The second kappa shape index (κ2) is 7.76. The van der Waals surface area contributed by atoms with Gasteiger partial charge in [-0.25, -0.2) is 14.2 Å². The average molecular weight is 336 g/mol. The maximum Gasteiger partial charge on any atom is 0.407 e. The van der Waals surface area contributed by atoms with Crippen LogP contribution in [0.4, 0.5) is 9.18 Å². The van der Waals surface area contributed by atoms with Gasteiger partial charge in [0.25, 0.3) is 0 Å². The number of carbonyl (C=O) groups excluding carboxylic acids is 2. The molecule has 8 heteroatoms. The number of fused-ring (bicyclic) bond motifs is 1. The van der Waals surface area contributed by atoms with Crippen molar-refractivity contribution < 1.29 is 18.7 Å². The van der Waals surface area contributed by atoms with Crippen LogP contribution < -0.4 is 5.32 Å². The van der Waals surface area contributed by atoms with Crippen LogP contribution in [0.25, 0.3) is 11.0 Å². The standard InChI is InChI=1S/C16H21FN4O3/c1-4-21(15(22)10(2)18-16(23)24-3)8-7-14-19-12-6-5-11(17)9-13(12)20-14/h5-6,9-10H,4,7-8H2,1-3H3,(H,18,23)(H,19,20)/t10-/m0/s1. The fraction of sp³-hybridized carbons (Fsp3) is 0.438. The third kappa shape index (κ3) is 4.21. The van der Waals surface area contributed by atoms with Crippen LogP contribution in [0.3, 0.4) is 0 Å². The van der Waals surface area contributed by atoms with Gasteiger partial charge in [-0.3, -0.25) is 4.79 Å². The molecule has 0 aliphatic heterocycles. The van der Waals surface area contributed by atoms with Gasteiger partial charge in [0.15, 0.2) is 0 Å². The SMILES string of the molecule is CCN(CCc1nc2ccc(F)cc2[nH]1)C(=O)[C@H](C)NC(=O)OC. The number of methoxy groups -OCH3 is 1. The van der Waals surface area contributed by atoms with Crippen LogP contribution in [-0.4, -0.2) is 53.1 Å². The lowest BCUT2D eigenvalue weighted by atomic mass is 10.2. The molecule has 1 atom stereocenters. The number of hydrogen-bond acceptors (Lipinski definition) is 4. The van der Waals surface area contributed by atoms with E-state index in [1.807, 2.05) is 6.92 Å². The molecule has 24 heavy (non-hydrogen) atoms. The van der Waals surface area contributed by atoms with Crippen molar-refractivity contribution in [1.29, 1.82) is 0 Å². The molecule has 0 aliphatic rings. The normalized spacial score (nSPS) is 12.0. The molecule has 2 amide bonds. The van der Waals surface area contributed by atoms with Gasteiger partial charge >= 0.3 is 6.09 Å². The van der Waals surface area contributed by atoms with Crippen LogP contribution >= 0.6 is 0 Å². The quantitative estimate of drug-likeness (QED) is 0.842. The first-order chi connectivity index (χ1) is 11.4. The molecule has 2 aromatic rings. The average Bonchev–Trinajstić information content (AvgIpc) is 2.96. The third-order valence-electron chi connectivity index (χ3n) is 3.70. The molecule has 7 nitrogen and oxygen atoms in total. The highest BCUT2D eigenvalue weighted by molar-refractivity contribution is 5.85. The summed E-state index contributed by atoms with van der Waals surface area (Å²) < 4.78 is 17.7. The minimum absolute atomic E-state index is 0.204. The molecule has 0 saturated heterocycles. The van der Waals surface area contributed by atoms with E-state index >= 15 is 0 Å². The van der Waals surface area contributed by atoms with Crippen molar-refractivity contribution in [1.82, 2.24) is 20.2 Å². The first-order valence-electron chi connectivity index (χ1n) is 7.72. The number of hydrogen-bond donors (Lipinski definition) is 2. The molecule has 2 rings (SSSR count). The van der Waals surface area contributed by atoms with Gasteiger partial charge in [-0.2, -0.15) is 0 Å². The number of amides is 2. The predicted molar refractivity (Wildman–Crippen MR) is 87.0 cm³/mol. The third-order valence-corrected chi connectivity index (χ3v) is 3.70. The molecule has 0 fully saturated rings. The van der Waals surface area contributed by atoms with E-state index in [2.05, 4.69) is 20.0 Å². The lowest BCUT2D eigenvalue weighted by Crippen LogP contribution is -2.47. The Morgan fingerprint density at radius 1 is 1.46 bits per heavy atom. The number of nitrogens with one attached hydrogen (secondary N) is 2. The van der Waals surface area contributed by atoms with Crippen molar-refractivity contribution >= 4 is 23.0 Å². The number of alkyl carbamates (subject to hydrolysis) is 1. The Hall–Kier alpha value is -2.64. The number of imidazole rings is 1. The fourth-order valence-corrected chi connectivity index (χ4v) is 2.39. The number of carbonyl (C=O) groups is 2. The van der Waals surface area contributed by atoms with Crippen molar-refractivity contribution in [3.05, 3.63) is 29.8 Å². The van der Waals surface area contributed by atoms with Crippen LogP contribution in [0, 0.1) is 5.82 Å². The van der Waals surface area contributed by atoms with E-state index in [4.69, 9.17) is 0 Å². The summed E-state index contributed by atoms with van der Waals surface area (Å²) in [6, 6.07) is 3.67. The van der Waals surface area contributed by atoms with Gasteiger partial charge in [-0.1, -0.05) is 0 Å². The first kappa shape index (κ1) is 17.7. The van der Waals surface area contributed by atoms with E-state index < -0.39 is 12.1 Å². The minimum Gasteiger partial charge on any atom is -0.453 e. The van der Waals surface area contributed by atoms with Gasteiger partial charge in [0.2, 0.25) is 5.91 Å². The maximum absolute atomic E-state index is 13.2. The van der Waals surface area contributed by atoms with Crippen molar-refractivity contribution in [2.45, 2.75) is 26.3 Å². The highest BCUT2D eigenvalue weighted by atomic mass is 19.1. The monoisotopic (exact) mass is 336 g/mol. The van der Waals surface area contributed by atoms with Crippen LogP contribution in [0.15, 0.2) is 18.2 Å². The van der Waals surface area contributed by atoms with Crippen molar-refractivity contribution in [2.75, 3.05) is 20.2 Å². The Bertz CT molecular complexity index is 731. The van der Waals surface area contributed by atoms with Gasteiger partial charge in [0.05, 0.1) is 18.1 Å². The van der Waals surface area contributed by atoms with E-state index in [9.17, 15) is 14.0 Å². The minimum atomic E-state index is -0.679. The summed E-state index contributed by atoms with van der Waals surface area (Å²) in [7, 11) is 1.24. The topological polar surface area (TPSA) is 87.3 Å². The lowest BCUT2D eigenvalue weighted by Gasteiger charge is -2.24. The number of likely N-dealkylation sites (N-methyl/N-ethyl adjacent to an activating group) is 1. The largest absolute Gasteiger partial charge is 0.453 e. The molecule has 0 bridgehead atoms. The Morgan fingerprint density at radius 2 is 2.21 bits per heavy atom. The Kier molecular flexibility index (Phi) is 5.73. The van der Waals surface area contributed by atoms with E-state index in [1.165, 1.54) is 19.2 Å². The Balaban J connectivity index is 1.98. The fourth-order valence-electron chi connectivity index (χ4n) is 2.39. The van der Waals surface area contributed by atoms with Crippen LogP contribution in [-0.2, 0) is 16.0 Å². The van der Waals surface area contributed by atoms with Gasteiger partial charge in [-0.05, 0) is 32.0 Å². The molecule has 0 aliphatic carbocycles. The van der Waals surface area contributed by atoms with Crippen LogP contribution in [0.2, 0.25) is 0 Å². The Labute approximate surface area is 139 Å². The summed E-state index contributed by atoms with van der Waals surface area (Å²) in [5, 5.41) is 2.45. The summed E-state index contributed by atoms with van der Waals surface area (Å²) in [6.45, 7) is 4.40. The van der Waals surface area contributed by atoms with Crippen molar-refractivity contribution in [3.8, 4) is 0 Å². The van der Waals surface area contributed by atoms with Crippen LogP contribution in [0.1, 0.15) is 19.7 Å². The van der Waals surface area contributed by atoms with E-state index in [1.54, 1.807) is 17.9 Å². The smallest absolute Gasteiger partial charge is 0.407 e. The summed E-state index contributed by atoms with van der Waals surface area (Å²) in [4.78, 5) is 32.6. The molecule has 1 heterocycles. The molecular formula is C16H21FN4O3. The predicted octanol–water partition coefficient (Wildman–Crippen LogP) is 1.84. The number of aromatic amines is 1. The summed E-state index contributed by atoms with van der Waals surface area (Å²) >= 11 is 0. The number of aromatic nitrogens is 2. The first-order valence-corrected chi connectivity index (χ1v) is 7.72.